The van der Waals surface area contributed by atoms with E-state index in [1.807, 2.05) is 0 Å². The lowest BCUT2D eigenvalue weighted by atomic mass is 9.67. The molecular weight excluding hydrogens is 926 g/mol. The molecule has 0 radical (unpaired) electrons. The highest BCUT2D eigenvalue weighted by molar-refractivity contribution is 5.78. The van der Waals surface area contributed by atoms with Crippen molar-refractivity contribution in [3.63, 3.8) is 0 Å². The van der Waals surface area contributed by atoms with Crippen LogP contribution in [0.25, 0.3) is 0 Å². The normalized spacial score (nSPS) is 28.9. The van der Waals surface area contributed by atoms with E-state index in [9.17, 15) is 89.4 Å². The van der Waals surface area contributed by atoms with Crippen molar-refractivity contribution in [1.82, 2.24) is 0 Å². The number of aliphatic carboxylic acids is 4. The first-order valence-corrected chi connectivity index (χ1v) is 12.5. The monoisotopic (exact) mass is 932 g/mol. The Morgan fingerprint density at radius 3 is 0.776 bits per heavy atom. The summed E-state index contributed by atoms with van der Waals surface area (Å²) in [6.45, 7) is 0. The van der Waals surface area contributed by atoms with Crippen LogP contribution in [0.2, 0.25) is 0 Å². The minimum Gasteiger partial charge on any atom is -0.477 e. The minimum atomic E-state index is -9.72. The van der Waals surface area contributed by atoms with E-state index in [1.54, 1.807) is 18.9 Å². The molecule has 0 amide bonds. The Balaban J connectivity index is 4.82. The van der Waals surface area contributed by atoms with E-state index >= 15 is 43.9 Å². The molecule has 0 aliphatic heterocycles. The molecule has 0 aromatic carbocycles. The molecule has 0 aromatic heterocycles. The SMILES string of the molecule is O=C(O)C(F)(OC(F)(OC(F)(C(=O)O)C(F)(F)F)C1(F)CC(F)(F)C(F)(C(F)(OC(F)(C(=O)O)C(F)(F)F)OC(F)(C(=O)O)C(F)(F)F)C(F)(F)C1(F)F)C(F)(F)F. The largest absolute Gasteiger partial charge is 0.477 e. The Bertz CT molecular complexity index is 1580. The van der Waals surface area contributed by atoms with E-state index in [-0.39, 0.29) is 0 Å². The zero-order valence-electron chi connectivity index (χ0n) is 25.1. The second kappa shape index (κ2) is 13.5. The van der Waals surface area contributed by atoms with E-state index in [2.05, 4.69) is 0 Å². The van der Waals surface area contributed by atoms with Gasteiger partial charge in [-0.25, -0.2) is 36.7 Å². The van der Waals surface area contributed by atoms with Crippen LogP contribution in [0.4, 0.5) is 114 Å². The first-order valence-electron chi connectivity index (χ1n) is 12.5. The molecule has 1 saturated carbocycles. The topological polar surface area (TPSA) is 186 Å². The second-order valence-corrected chi connectivity index (χ2v) is 10.6. The van der Waals surface area contributed by atoms with E-state index in [4.69, 9.17) is 20.4 Å². The molecule has 0 bridgehead atoms. The quantitative estimate of drug-likeness (QED) is 0.113. The van der Waals surface area contributed by atoms with Crippen molar-refractivity contribution in [2.24, 2.45) is 0 Å². The standard InChI is InChI=1S/C20H6F26O12/c21-6(19(45,55-8(24,2(47)48)15(33,34)35)56-9(25,3(49)50)16(36,37)38)1-7(22,23)12(28,14(31,32)13(6,29)30)20(46,57-10(26,4(51)52)17(39,40)41)58-11(27,5(53)54)18(42,43)44/h1H2,(H,47,48)(H,49,50)(H,51,52)(H,53,54). The Labute approximate surface area is 293 Å². The number of ether oxygens (including phenoxy) is 4. The highest BCUT2D eigenvalue weighted by atomic mass is 19.4. The van der Waals surface area contributed by atoms with E-state index in [1.165, 1.54) is 0 Å². The molecule has 58 heavy (non-hydrogen) atoms. The lowest BCUT2D eigenvalue weighted by Crippen LogP contribution is -2.87. The highest BCUT2D eigenvalue weighted by Crippen LogP contribution is 2.72. The maximum atomic E-state index is 16.0. The molecule has 0 aromatic rings. The smallest absolute Gasteiger partial charge is 0.460 e. The second-order valence-electron chi connectivity index (χ2n) is 10.6. The van der Waals surface area contributed by atoms with Crippen LogP contribution in [-0.4, -0.2) is 134 Å². The van der Waals surface area contributed by atoms with Gasteiger partial charge >= 0.3 is 102 Å². The average molecular weight is 932 g/mol. The first kappa shape index (κ1) is 51.9. The molecule has 1 aliphatic rings. The molecule has 6 unspecified atom stereocenters. The predicted molar refractivity (Wildman–Crippen MR) is 109 cm³/mol. The van der Waals surface area contributed by atoms with Gasteiger partial charge in [-0.15, -0.1) is 0 Å². The van der Waals surface area contributed by atoms with Crippen molar-refractivity contribution in [3.05, 3.63) is 0 Å². The van der Waals surface area contributed by atoms with Gasteiger partial charge in [0.25, 0.3) is 11.6 Å². The number of carboxylic acids is 4. The number of halogens is 26. The van der Waals surface area contributed by atoms with Crippen LogP contribution in [0, 0.1) is 0 Å². The molecule has 38 heteroatoms. The van der Waals surface area contributed by atoms with Gasteiger partial charge in [0.15, 0.2) is 0 Å². The summed E-state index contributed by atoms with van der Waals surface area (Å²) in [5, 5.41) is 33.5. The van der Waals surface area contributed by atoms with Crippen LogP contribution in [-0.2, 0) is 38.1 Å². The highest BCUT2D eigenvalue weighted by Gasteiger charge is 3.01. The minimum absolute atomic E-state index is 1.56. The summed E-state index contributed by atoms with van der Waals surface area (Å²) < 4.78 is 378. The number of carboxylic acid groups (broad SMARTS) is 4. The fraction of sp³-hybridized carbons (Fsp3) is 0.800. The lowest BCUT2D eigenvalue weighted by molar-refractivity contribution is -0.568. The number of hydrogen-bond donors (Lipinski definition) is 4. The molecule has 0 saturated heterocycles. The van der Waals surface area contributed by atoms with Gasteiger partial charge in [0.1, 0.15) is 0 Å². The van der Waals surface area contributed by atoms with Crippen molar-refractivity contribution in [2.75, 3.05) is 0 Å². The molecular formula is C20H6F26O12. The Hall–Kier alpha value is -4.10. The Kier molecular flexibility index (Phi) is 12.0. The van der Waals surface area contributed by atoms with Crippen LogP contribution in [0.1, 0.15) is 6.42 Å². The Morgan fingerprint density at radius 1 is 0.379 bits per heavy atom. The average Bonchev–Trinajstić information content (AvgIpc) is 2.96. The molecule has 6 atom stereocenters. The Morgan fingerprint density at radius 2 is 0.586 bits per heavy atom. The van der Waals surface area contributed by atoms with Gasteiger partial charge in [-0.05, 0) is 0 Å². The maximum Gasteiger partial charge on any atom is 0.460 e. The van der Waals surface area contributed by atoms with Crippen molar-refractivity contribution in [1.29, 1.82) is 0 Å². The maximum absolute atomic E-state index is 16.0. The van der Waals surface area contributed by atoms with Gasteiger partial charge in [-0.2, -0.15) is 96.6 Å². The lowest BCUT2D eigenvalue weighted by Gasteiger charge is -2.57. The van der Waals surface area contributed by atoms with Crippen LogP contribution in [0.3, 0.4) is 0 Å². The summed E-state index contributed by atoms with van der Waals surface area (Å²) in [6, 6.07) is -17.9. The number of carbonyl (C=O) groups is 4. The third-order valence-corrected chi connectivity index (χ3v) is 6.83. The first-order chi connectivity index (χ1) is 24.8. The molecule has 1 fully saturated rings. The van der Waals surface area contributed by atoms with Gasteiger partial charge in [0, 0.05) is 0 Å². The van der Waals surface area contributed by atoms with Crippen molar-refractivity contribution < 1.29 is 173 Å². The molecule has 0 heterocycles. The van der Waals surface area contributed by atoms with Crippen LogP contribution < -0.4 is 0 Å². The van der Waals surface area contributed by atoms with Gasteiger partial charge in [0.05, 0.1) is 6.42 Å². The van der Waals surface area contributed by atoms with Crippen molar-refractivity contribution >= 4 is 23.9 Å². The molecule has 12 nitrogen and oxygen atoms in total. The summed E-state index contributed by atoms with van der Waals surface area (Å²) in [5.41, 5.74) is -18.2. The number of alkyl halides is 26. The summed E-state index contributed by atoms with van der Waals surface area (Å²) >= 11 is 0. The third kappa shape index (κ3) is 6.87. The molecule has 1 rings (SSSR count). The number of rotatable bonds is 14. The van der Waals surface area contributed by atoms with E-state index in [0.717, 1.165) is 0 Å². The molecule has 0 spiro atoms. The van der Waals surface area contributed by atoms with E-state index in [0.29, 0.717) is 0 Å². The van der Waals surface area contributed by atoms with Crippen LogP contribution in [0.15, 0.2) is 0 Å². The zero-order valence-corrected chi connectivity index (χ0v) is 25.1. The van der Waals surface area contributed by atoms with Crippen molar-refractivity contribution in [3.8, 4) is 0 Å². The third-order valence-electron chi connectivity index (χ3n) is 6.83. The van der Waals surface area contributed by atoms with Crippen LogP contribution >= 0.6 is 0 Å². The van der Waals surface area contributed by atoms with Gasteiger partial charge < -0.3 is 20.4 Å². The fourth-order valence-electron chi connectivity index (χ4n) is 3.89. The van der Waals surface area contributed by atoms with E-state index < -0.39 is 120 Å². The fourth-order valence-corrected chi connectivity index (χ4v) is 3.89. The summed E-state index contributed by atoms with van der Waals surface area (Å²) in [4.78, 5) is 43.4. The summed E-state index contributed by atoms with van der Waals surface area (Å²) in [7, 11) is 0. The number of hydrogen-bond acceptors (Lipinski definition) is 8. The zero-order chi connectivity index (χ0) is 47.3. The molecule has 4 N–H and O–H groups in total. The van der Waals surface area contributed by atoms with Crippen LogP contribution in [0.5, 0.6) is 0 Å². The van der Waals surface area contributed by atoms with Crippen molar-refractivity contribution in [2.45, 2.75) is 95.7 Å². The van der Waals surface area contributed by atoms with Gasteiger partial charge in [0.2, 0.25) is 0 Å². The predicted octanol–water partition coefficient (Wildman–Crippen LogP) is 6.28. The van der Waals surface area contributed by atoms with Gasteiger partial charge in [-0.3, -0.25) is 18.9 Å². The summed E-state index contributed by atoms with van der Waals surface area (Å²) in [5.74, 6) is -79.5. The molecule has 1 aliphatic carbocycles. The van der Waals surface area contributed by atoms with Gasteiger partial charge in [-0.1, -0.05) is 0 Å². The summed E-state index contributed by atoms with van der Waals surface area (Å²) in [6.07, 6.45) is -38.3. The molecule has 340 valence electrons.